The molecule has 2 aromatic heterocycles. The van der Waals surface area contributed by atoms with Gasteiger partial charge in [0.05, 0.1) is 0 Å². The SMILES string of the molecule is CC(CC(N)=O)NS(=O)(=O)c1c(Cl)nc2ccccn12. The van der Waals surface area contributed by atoms with E-state index in [1.807, 2.05) is 0 Å². The van der Waals surface area contributed by atoms with Gasteiger partial charge in [0, 0.05) is 18.7 Å². The number of hydrogen-bond acceptors (Lipinski definition) is 4. The van der Waals surface area contributed by atoms with Crippen molar-refractivity contribution in [2.45, 2.75) is 24.4 Å². The number of primary amides is 1. The third kappa shape index (κ3) is 2.92. The predicted octanol–water partition coefficient (Wildman–Crippen LogP) is 0.530. The Morgan fingerprint density at radius 1 is 1.55 bits per heavy atom. The summed E-state index contributed by atoms with van der Waals surface area (Å²) in [5.41, 5.74) is 5.45. The second kappa shape index (κ2) is 5.39. The molecule has 0 fully saturated rings. The maximum absolute atomic E-state index is 12.3. The van der Waals surface area contributed by atoms with Crippen molar-refractivity contribution in [2.24, 2.45) is 5.73 Å². The Kier molecular flexibility index (Phi) is 3.98. The number of amides is 1. The number of carbonyl (C=O) groups excluding carboxylic acids is 1. The van der Waals surface area contributed by atoms with Crippen molar-refractivity contribution >= 4 is 33.2 Å². The number of nitrogens with two attached hydrogens (primary N) is 1. The molecule has 0 spiro atoms. The van der Waals surface area contributed by atoms with Crippen molar-refractivity contribution < 1.29 is 13.2 Å². The number of aromatic nitrogens is 2. The van der Waals surface area contributed by atoms with E-state index in [1.54, 1.807) is 31.3 Å². The van der Waals surface area contributed by atoms with Gasteiger partial charge in [0.15, 0.2) is 10.2 Å². The molecule has 0 saturated heterocycles. The topological polar surface area (TPSA) is 107 Å². The van der Waals surface area contributed by atoms with Gasteiger partial charge in [0.1, 0.15) is 5.65 Å². The fourth-order valence-corrected chi connectivity index (χ4v) is 3.74. The predicted molar refractivity (Wildman–Crippen MR) is 73.8 cm³/mol. The summed E-state index contributed by atoms with van der Waals surface area (Å²) in [6.07, 6.45) is 1.44. The fourth-order valence-electron chi connectivity index (χ4n) is 1.85. The second-order valence-corrected chi connectivity index (χ2v) is 6.32. The van der Waals surface area contributed by atoms with Gasteiger partial charge in [0.25, 0.3) is 10.0 Å². The molecule has 9 heteroatoms. The molecular formula is C11H13ClN4O3S. The van der Waals surface area contributed by atoms with E-state index >= 15 is 0 Å². The summed E-state index contributed by atoms with van der Waals surface area (Å²) >= 11 is 5.90. The van der Waals surface area contributed by atoms with Gasteiger partial charge in [-0.25, -0.2) is 18.1 Å². The molecule has 108 valence electrons. The van der Waals surface area contributed by atoms with Crippen molar-refractivity contribution in [3.63, 3.8) is 0 Å². The van der Waals surface area contributed by atoms with E-state index in [0.29, 0.717) is 5.65 Å². The Hall–Kier alpha value is -1.64. The third-order valence-electron chi connectivity index (χ3n) is 2.56. The van der Waals surface area contributed by atoms with Crippen LogP contribution in [-0.4, -0.2) is 29.8 Å². The van der Waals surface area contributed by atoms with Gasteiger partial charge in [-0.2, -0.15) is 0 Å². The van der Waals surface area contributed by atoms with Crippen LogP contribution in [0.5, 0.6) is 0 Å². The Morgan fingerprint density at radius 2 is 2.25 bits per heavy atom. The van der Waals surface area contributed by atoms with Gasteiger partial charge in [-0.1, -0.05) is 17.7 Å². The smallest absolute Gasteiger partial charge is 0.260 e. The number of sulfonamides is 1. The molecular weight excluding hydrogens is 304 g/mol. The summed E-state index contributed by atoms with van der Waals surface area (Å²) in [7, 11) is -3.91. The van der Waals surface area contributed by atoms with E-state index in [4.69, 9.17) is 17.3 Å². The zero-order valence-corrected chi connectivity index (χ0v) is 12.1. The molecule has 1 amide bonds. The van der Waals surface area contributed by atoms with Crippen LogP contribution in [0.4, 0.5) is 0 Å². The lowest BCUT2D eigenvalue weighted by Gasteiger charge is -2.12. The van der Waals surface area contributed by atoms with Crippen LogP contribution >= 0.6 is 11.6 Å². The monoisotopic (exact) mass is 316 g/mol. The Balaban J connectivity index is 2.42. The average Bonchev–Trinajstić information content (AvgIpc) is 2.62. The minimum atomic E-state index is -3.91. The van der Waals surface area contributed by atoms with Gasteiger partial charge in [-0.05, 0) is 19.1 Å². The number of carbonyl (C=O) groups is 1. The van der Waals surface area contributed by atoms with Crippen LogP contribution in [0, 0.1) is 0 Å². The van der Waals surface area contributed by atoms with Gasteiger partial charge < -0.3 is 5.73 Å². The largest absolute Gasteiger partial charge is 0.370 e. The normalized spacial score (nSPS) is 13.5. The van der Waals surface area contributed by atoms with Gasteiger partial charge >= 0.3 is 0 Å². The van der Waals surface area contributed by atoms with Crippen LogP contribution in [0.25, 0.3) is 5.65 Å². The number of nitrogens with zero attached hydrogens (tertiary/aromatic N) is 2. The minimum absolute atomic E-state index is 0.104. The number of imidazole rings is 1. The summed E-state index contributed by atoms with van der Waals surface area (Å²) in [4.78, 5) is 14.8. The van der Waals surface area contributed by atoms with Crippen molar-refractivity contribution in [3.8, 4) is 0 Å². The highest BCUT2D eigenvalue weighted by atomic mass is 35.5. The summed E-state index contributed by atoms with van der Waals surface area (Å²) in [5.74, 6) is -0.593. The Morgan fingerprint density at radius 3 is 2.90 bits per heavy atom. The van der Waals surface area contributed by atoms with E-state index in [9.17, 15) is 13.2 Å². The molecule has 7 nitrogen and oxygen atoms in total. The van der Waals surface area contributed by atoms with Crippen LogP contribution in [-0.2, 0) is 14.8 Å². The van der Waals surface area contributed by atoms with Crippen LogP contribution < -0.4 is 10.5 Å². The number of nitrogens with one attached hydrogen (secondary N) is 1. The van der Waals surface area contributed by atoms with Crippen LogP contribution in [0.15, 0.2) is 29.4 Å². The number of fused-ring (bicyclic) bond motifs is 1. The van der Waals surface area contributed by atoms with Crippen molar-refractivity contribution in [1.82, 2.24) is 14.1 Å². The van der Waals surface area contributed by atoms with Gasteiger partial charge in [-0.15, -0.1) is 0 Å². The molecule has 0 aliphatic heterocycles. The number of rotatable bonds is 5. The lowest BCUT2D eigenvalue weighted by atomic mass is 10.2. The summed E-state index contributed by atoms with van der Waals surface area (Å²) < 4.78 is 28.3. The number of pyridine rings is 1. The van der Waals surface area contributed by atoms with Crippen molar-refractivity contribution in [2.75, 3.05) is 0 Å². The summed E-state index contributed by atoms with van der Waals surface area (Å²) in [5, 5.41) is -0.291. The molecule has 3 N–H and O–H groups in total. The maximum Gasteiger partial charge on any atom is 0.260 e. The maximum atomic E-state index is 12.3. The highest BCUT2D eigenvalue weighted by molar-refractivity contribution is 7.89. The zero-order chi connectivity index (χ0) is 14.9. The van der Waals surface area contributed by atoms with E-state index in [0.717, 1.165) is 0 Å². The lowest BCUT2D eigenvalue weighted by Crippen LogP contribution is -2.36. The highest BCUT2D eigenvalue weighted by Gasteiger charge is 2.26. The fraction of sp³-hybridized carbons (Fsp3) is 0.273. The molecule has 2 rings (SSSR count). The van der Waals surface area contributed by atoms with Crippen LogP contribution in [0.2, 0.25) is 5.15 Å². The molecule has 0 saturated carbocycles. The average molecular weight is 317 g/mol. The van der Waals surface area contributed by atoms with Crippen molar-refractivity contribution in [1.29, 1.82) is 0 Å². The van der Waals surface area contributed by atoms with Gasteiger partial charge in [0.2, 0.25) is 5.91 Å². The quantitative estimate of drug-likeness (QED) is 0.839. The van der Waals surface area contributed by atoms with Crippen LogP contribution in [0.3, 0.4) is 0 Å². The van der Waals surface area contributed by atoms with E-state index in [1.165, 1.54) is 4.40 Å². The Labute approximate surface area is 120 Å². The van der Waals surface area contributed by atoms with Gasteiger partial charge in [-0.3, -0.25) is 9.20 Å². The van der Waals surface area contributed by atoms with Crippen molar-refractivity contribution in [3.05, 3.63) is 29.5 Å². The molecule has 20 heavy (non-hydrogen) atoms. The van der Waals surface area contributed by atoms with E-state index in [2.05, 4.69) is 9.71 Å². The first-order valence-electron chi connectivity index (χ1n) is 5.74. The molecule has 0 bridgehead atoms. The molecule has 1 atom stereocenters. The molecule has 0 aliphatic rings. The molecule has 0 radical (unpaired) electrons. The molecule has 2 heterocycles. The molecule has 0 aromatic carbocycles. The standard InChI is InChI=1S/C11H13ClN4O3S/c1-7(6-8(13)17)15-20(18,19)11-10(12)14-9-4-2-3-5-16(9)11/h2-5,7,15H,6H2,1H3,(H2,13,17). The summed E-state index contributed by atoms with van der Waals surface area (Å²) in [6, 6.07) is 4.38. The minimum Gasteiger partial charge on any atom is -0.370 e. The zero-order valence-electron chi connectivity index (χ0n) is 10.6. The number of hydrogen-bond donors (Lipinski definition) is 2. The first-order valence-corrected chi connectivity index (χ1v) is 7.60. The Bertz CT molecular complexity index is 756. The number of halogens is 1. The van der Waals surface area contributed by atoms with E-state index in [-0.39, 0.29) is 16.6 Å². The first-order chi connectivity index (χ1) is 9.31. The van der Waals surface area contributed by atoms with Crippen LogP contribution in [0.1, 0.15) is 13.3 Å². The molecule has 1 unspecified atom stereocenters. The highest BCUT2D eigenvalue weighted by Crippen LogP contribution is 2.22. The summed E-state index contributed by atoms with van der Waals surface area (Å²) in [6.45, 7) is 1.54. The second-order valence-electron chi connectivity index (χ2n) is 4.33. The first kappa shape index (κ1) is 14.8. The molecule has 2 aromatic rings. The van der Waals surface area contributed by atoms with E-state index < -0.39 is 22.0 Å². The lowest BCUT2D eigenvalue weighted by molar-refractivity contribution is -0.118. The molecule has 0 aliphatic carbocycles. The third-order valence-corrected chi connectivity index (χ3v) is 4.55.